The van der Waals surface area contributed by atoms with Gasteiger partial charge >= 0.3 is 0 Å². The van der Waals surface area contributed by atoms with Crippen molar-refractivity contribution >= 4 is 11.6 Å². The Morgan fingerprint density at radius 1 is 1.53 bits per heavy atom. The standard InChI is InChI=1S/C12H20N4O/c1-8(2)5-10(7-13)16-9-3-4-15-11(6-9)12(14)17/h3-4,6,8,10H,5,7,13H2,1-2H3,(H2,14,17)(H,15,16). The van der Waals surface area contributed by atoms with Crippen LogP contribution in [0.3, 0.4) is 0 Å². The van der Waals surface area contributed by atoms with Gasteiger partial charge in [0, 0.05) is 24.5 Å². The smallest absolute Gasteiger partial charge is 0.267 e. The quantitative estimate of drug-likeness (QED) is 0.686. The second kappa shape index (κ2) is 6.20. The Bertz CT molecular complexity index is 379. The summed E-state index contributed by atoms with van der Waals surface area (Å²) < 4.78 is 0. The first-order valence-electron chi connectivity index (χ1n) is 5.75. The summed E-state index contributed by atoms with van der Waals surface area (Å²) in [4.78, 5) is 14.9. The van der Waals surface area contributed by atoms with Gasteiger partial charge in [0.25, 0.3) is 5.91 Å². The zero-order chi connectivity index (χ0) is 12.8. The van der Waals surface area contributed by atoms with Crippen molar-refractivity contribution in [2.75, 3.05) is 11.9 Å². The molecule has 0 radical (unpaired) electrons. The lowest BCUT2D eigenvalue weighted by Crippen LogP contribution is -2.30. The number of aromatic nitrogens is 1. The molecular formula is C12H20N4O. The molecular weight excluding hydrogens is 216 g/mol. The Kier molecular flexibility index (Phi) is 4.90. The lowest BCUT2D eigenvalue weighted by Gasteiger charge is -2.20. The molecule has 94 valence electrons. The van der Waals surface area contributed by atoms with Crippen LogP contribution >= 0.6 is 0 Å². The SMILES string of the molecule is CC(C)CC(CN)Nc1ccnc(C(N)=O)c1. The Balaban J connectivity index is 2.72. The summed E-state index contributed by atoms with van der Waals surface area (Å²) in [6, 6.07) is 3.64. The molecule has 0 fully saturated rings. The van der Waals surface area contributed by atoms with Gasteiger partial charge in [0.05, 0.1) is 0 Å². The number of hydrogen-bond acceptors (Lipinski definition) is 4. The van der Waals surface area contributed by atoms with Crippen molar-refractivity contribution in [2.24, 2.45) is 17.4 Å². The van der Waals surface area contributed by atoms with Gasteiger partial charge in [-0.2, -0.15) is 0 Å². The van der Waals surface area contributed by atoms with Crippen molar-refractivity contribution in [3.8, 4) is 0 Å². The summed E-state index contributed by atoms with van der Waals surface area (Å²) in [5, 5.41) is 3.28. The minimum atomic E-state index is -0.526. The van der Waals surface area contributed by atoms with Crippen LogP contribution in [0.1, 0.15) is 30.8 Å². The van der Waals surface area contributed by atoms with E-state index in [1.54, 1.807) is 18.3 Å². The van der Waals surface area contributed by atoms with Gasteiger partial charge < -0.3 is 16.8 Å². The number of carbonyl (C=O) groups is 1. The third kappa shape index (κ3) is 4.40. The van der Waals surface area contributed by atoms with Crippen molar-refractivity contribution in [1.82, 2.24) is 4.98 Å². The number of amides is 1. The minimum absolute atomic E-state index is 0.193. The number of nitrogens with two attached hydrogens (primary N) is 2. The zero-order valence-electron chi connectivity index (χ0n) is 10.3. The summed E-state index contributed by atoms with van der Waals surface area (Å²) in [5.74, 6) is 0.0373. The van der Waals surface area contributed by atoms with Crippen molar-refractivity contribution in [1.29, 1.82) is 0 Å². The van der Waals surface area contributed by atoms with E-state index in [4.69, 9.17) is 11.5 Å². The molecule has 1 heterocycles. The Labute approximate surface area is 102 Å². The predicted octanol–water partition coefficient (Wildman–Crippen LogP) is 0.966. The number of primary amides is 1. The first-order valence-corrected chi connectivity index (χ1v) is 5.75. The van der Waals surface area contributed by atoms with Crippen LogP contribution in [0.15, 0.2) is 18.3 Å². The van der Waals surface area contributed by atoms with Gasteiger partial charge in [0.1, 0.15) is 5.69 Å². The van der Waals surface area contributed by atoms with Gasteiger partial charge in [-0.25, -0.2) is 0 Å². The molecule has 5 nitrogen and oxygen atoms in total. The average molecular weight is 236 g/mol. The fourth-order valence-corrected chi connectivity index (χ4v) is 1.67. The number of rotatable bonds is 6. The number of nitrogens with one attached hydrogen (secondary N) is 1. The summed E-state index contributed by atoms with van der Waals surface area (Å²) in [5.41, 5.74) is 12.0. The summed E-state index contributed by atoms with van der Waals surface area (Å²) >= 11 is 0. The van der Waals surface area contributed by atoms with Crippen LogP contribution in [0.5, 0.6) is 0 Å². The van der Waals surface area contributed by atoms with Gasteiger partial charge in [-0.05, 0) is 24.5 Å². The first-order chi connectivity index (χ1) is 8.02. The molecule has 1 aromatic rings. The van der Waals surface area contributed by atoms with E-state index in [2.05, 4.69) is 24.1 Å². The molecule has 1 atom stereocenters. The van der Waals surface area contributed by atoms with Crippen molar-refractivity contribution < 1.29 is 4.79 Å². The molecule has 0 aliphatic heterocycles. The van der Waals surface area contributed by atoms with Gasteiger partial charge in [0.2, 0.25) is 0 Å². The van der Waals surface area contributed by atoms with E-state index in [0.717, 1.165) is 12.1 Å². The van der Waals surface area contributed by atoms with Crippen molar-refractivity contribution in [3.05, 3.63) is 24.0 Å². The highest BCUT2D eigenvalue weighted by molar-refractivity contribution is 5.91. The largest absolute Gasteiger partial charge is 0.381 e. The van der Waals surface area contributed by atoms with E-state index in [1.165, 1.54) is 0 Å². The predicted molar refractivity (Wildman–Crippen MR) is 68.7 cm³/mol. The van der Waals surface area contributed by atoms with Crippen LogP contribution in [-0.4, -0.2) is 23.5 Å². The van der Waals surface area contributed by atoms with E-state index in [9.17, 15) is 4.79 Å². The number of hydrogen-bond donors (Lipinski definition) is 3. The maximum atomic E-state index is 11.0. The molecule has 0 aliphatic carbocycles. The average Bonchev–Trinajstić information content (AvgIpc) is 2.28. The highest BCUT2D eigenvalue weighted by Gasteiger charge is 2.10. The fraction of sp³-hybridized carbons (Fsp3) is 0.500. The Morgan fingerprint density at radius 3 is 2.76 bits per heavy atom. The van der Waals surface area contributed by atoms with E-state index in [1.807, 2.05) is 0 Å². The molecule has 0 bridgehead atoms. The van der Waals surface area contributed by atoms with Crippen LogP contribution < -0.4 is 16.8 Å². The normalized spacial score (nSPS) is 12.5. The molecule has 5 N–H and O–H groups in total. The molecule has 0 saturated carbocycles. The van der Waals surface area contributed by atoms with Crippen LogP contribution in [0.25, 0.3) is 0 Å². The molecule has 0 aromatic carbocycles. The monoisotopic (exact) mass is 236 g/mol. The van der Waals surface area contributed by atoms with Crippen LogP contribution in [0.2, 0.25) is 0 Å². The fourth-order valence-electron chi connectivity index (χ4n) is 1.67. The van der Waals surface area contributed by atoms with Gasteiger partial charge in [-0.15, -0.1) is 0 Å². The number of carbonyl (C=O) groups excluding carboxylic acids is 1. The Hall–Kier alpha value is -1.62. The maximum Gasteiger partial charge on any atom is 0.267 e. The number of nitrogens with zero attached hydrogens (tertiary/aromatic N) is 1. The second-order valence-electron chi connectivity index (χ2n) is 4.50. The first kappa shape index (κ1) is 13.4. The summed E-state index contributed by atoms with van der Waals surface area (Å²) in [6.07, 6.45) is 2.54. The third-order valence-electron chi connectivity index (χ3n) is 2.42. The van der Waals surface area contributed by atoms with Crippen LogP contribution in [0.4, 0.5) is 5.69 Å². The third-order valence-corrected chi connectivity index (χ3v) is 2.42. The van der Waals surface area contributed by atoms with Gasteiger partial charge in [-0.3, -0.25) is 9.78 Å². The maximum absolute atomic E-state index is 11.0. The van der Waals surface area contributed by atoms with Crippen molar-refractivity contribution in [2.45, 2.75) is 26.3 Å². The topological polar surface area (TPSA) is 94.0 Å². The zero-order valence-corrected chi connectivity index (χ0v) is 10.3. The molecule has 0 aliphatic rings. The van der Waals surface area contributed by atoms with Gasteiger partial charge in [-0.1, -0.05) is 13.8 Å². The van der Waals surface area contributed by atoms with Crippen LogP contribution in [-0.2, 0) is 0 Å². The molecule has 17 heavy (non-hydrogen) atoms. The lowest BCUT2D eigenvalue weighted by atomic mass is 10.0. The number of anilines is 1. The van der Waals surface area contributed by atoms with E-state index in [0.29, 0.717) is 12.5 Å². The molecule has 0 spiro atoms. The molecule has 0 saturated heterocycles. The summed E-state index contributed by atoms with van der Waals surface area (Å²) in [7, 11) is 0. The van der Waals surface area contributed by atoms with Crippen LogP contribution in [0, 0.1) is 5.92 Å². The summed E-state index contributed by atoms with van der Waals surface area (Å²) in [6.45, 7) is 4.84. The lowest BCUT2D eigenvalue weighted by molar-refractivity contribution is 0.0995. The highest BCUT2D eigenvalue weighted by Crippen LogP contribution is 2.13. The van der Waals surface area contributed by atoms with Gasteiger partial charge in [0.15, 0.2) is 0 Å². The number of pyridine rings is 1. The highest BCUT2D eigenvalue weighted by atomic mass is 16.1. The van der Waals surface area contributed by atoms with Crippen molar-refractivity contribution in [3.63, 3.8) is 0 Å². The molecule has 1 rings (SSSR count). The minimum Gasteiger partial charge on any atom is -0.381 e. The Morgan fingerprint density at radius 2 is 2.24 bits per heavy atom. The molecule has 1 aromatic heterocycles. The van der Waals surface area contributed by atoms with E-state index >= 15 is 0 Å². The molecule has 1 amide bonds. The second-order valence-corrected chi connectivity index (χ2v) is 4.50. The van der Waals surface area contributed by atoms with E-state index < -0.39 is 5.91 Å². The molecule has 5 heteroatoms. The molecule has 1 unspecified atom stereocenters. The van der Waals surface area contributed by atoms with E-state index in [-0.39, 0.29) is 11.7 Å².